The van der Waals surface area contributed by atoms with Crippen molar-refractivity contribution in [3.05, 3.63) is 53.1 Å². The Morgan fingerprint density at radius 2 is 2.00 bits per heavy atom. The highest BCUT2D eigenvalue weighted by atomic mass is 19.4. The maximum absolute atomic E-state index is 12.7. The highest BCUT2D eigenvalue weighted by molar-refractivity contribution is 5.42. The number of fused-ring (bicyclic) bond motifs is 1. The van der Waals surface area contributed by atoms with E-state index in [0.29, 0.717) is 18.4 Å². The van der Waals surface area contributed by atoms with Gasteiger partial charge in [0, 0.05) is 13.2 Å². The average molecular weight is 282 g/mol. The van der Waals surface area contributed by atoms with Crippen LogP contribution in [0.5, 0.6) is 0 Å². The van der Waals surface area contributed by atoms with Crippen molar-refractivity contribution in [2.75, 3.05) is 0 Å². The standard InChI is InChI=1S/C14H13F3N2O/c1-19-8-11(14(15,16)17)18-12(19)13(20)7-6-9-4-2-3-5-10(9)13/h2-5,8,20H,6-7H2,1H3. The SMILES string of the molecule is Cn1cc(C(F)(F)F)nc1C1(O)CCc2ccccc21. The van der Waals surface area contributed by atoms with Gasteiger partial charge in [-0.2, -0.15) is 13.2 Å². The minimum absolute atomic E-state index is 0.0368. The van der Waals surface area contributed by atoms with Crippen molar-refractivity contribution in [2.45, 2.75) is 24.6 Å². The van der Waals surface area contributed by atoms with Crippen molar-refractivity contribution in [3.8, 4) is 0 Å². The molecule has 0 radical (unpaired) electrons. The lowest BCUT2D eigenvalue weighted by Crippen LogP contribution is -2.28. The maximum Gasteiger partial charge on any atom is 0.434 e. The normalized spacial score (nSPS) is 22.1. The van der Waals surface area contributed by atoms with Gasteiger partial charge in [-0.05, 0) is 24.0 Å². The fraction of sp³-hybridized carbons (Fsp3) is 0.357. The van der Waals surface area contributed by atoms with Crippen LogP contribution in [0.4, 0.5) is 13.2 Å². The van der Waals surface area contributed by atoms with Crippen molar-refractivity contribution in [3.63, 3.8) is 0 Å². The summed E-state index contributed by atoms with van der Waals surface area (Å²) in [6.07, 6.45) is -2.63. The van der Waals surface area contributed by atoms with E-state index < -0.39 is 17.5 Å². The molecule has 1 N–H and O–H groups in total. The number of aliphatic hydroxyl groups is 1. The molecule has 1 aromatic carbocycles. The number of alkyl halides is 3. The van der Waals surface area contributed by atoms with Crippen molar-refractivity contribution in [2.24, 2.45) is 7.05 Å². The molecule has 0 saturated carbocycles. The van der Waals surface area contributed by atoms with Gasteiger partial charge in [-0.1, -0.05) is 24.3 Å². The third kappa shape index (κ3) is 1.83. The quantitative estimate of drug-likeness (QED) is 0.873. The van der Waals surface area contributed by atoms with Crippen LogP contribution >= 0.6 is 0 Å². The molecule has 6 heteroatoms. The Morgan fingerprint density at radius 1 is 1.30 bits per heavy atom. The van der Waals surface area contributed by atoms with Gasteiger partial charge in [-0.15, -0.1) is 0 Å². The predicted octanol–water partition coefficient (Wildman–Crippen LogP) is 2.62. The van der Waals surface area contributed by atoms with E-state index in [1.54, 1.807) is 12.1 Å². The van der Waals surface area contributed by atoms with Gasteiger partial charge < -0.3 is 9.67 Å². The fourth-order valence-corrected chi connectivity index (χ4v) is 2.81. The molecule has 1 atom stereocenters. The van der Waals surface area contributed by atoms with E-state index in [4.69, 9.17) is 0 Å². The number of hydrogen-bond acceptors (Lipinski definition) is 2. The summed E-state index contributed by atoms with van der Waals surface area (Å²) in [4.78, 5) is 3.62. The minimum atomic E-state index is -4.51. The second-order valence-electron chi connectivity index (χ2n) is 5.08. The summed E-state index contributed by atoms with van der Waals surface area (Å²) in [5, 5.41) is 10.8. The van der Waals surface area contributed by atoms with Gasteiger partial charge >= 0.3 is 6.18 Å². The molecule has 1 unspecified atom stereocenters. The van der Waals surface area contributed by atoms with Crippen LogP contribution in [0.2, 0.25) is 0 Å². The molecule has 1 aliphatic rings. The van der Waals surface area contributed by atoms with Crippen LogP contribution < -0.4 is 0 Å². The molecule has 1 aliphatic carbocycles. The molecular formula is C14H13F3N2O. The topological polar surface area (TPSA) is 38.0 Å². The number of aromatic nitrogens is 2. The van der Waals surface area contributed by atoms with Gasteiger partial charge in [-0.25, -0.2) is 4.98 Å². The molecule has 3 nitrogen and oxygen atoms in total. The summed E-state index contributed by atoms with van der Waals surface area (Å²) in [6, 6.07) is 7.23. The lowest BCUT2D eigenvalue weighted by molar-refractivity contribution is -0.141. The van der Waals surface area contributed by atoms with Crippen LogP contribution in [-0.2, 0) is 25.2 Å². The molecule has 1 heterocycles. The zero-order chi connectivity index (χ0) is 14.5. The smallest absolute Gasteiger partial charge is 0.377 e. The van der Waals surface area contributed by atoms with Crippen molar-refractivity contribution in [1.82, 2.24) is 9.55 Å². The molecule has 20 heavy (non-hydrogen) atoms. The second kappa shape index (κ2) is 4.09. The Kier molecular flexibility index (Phi) is 2.69. The highest BCUT2D eigenvalue weighted by Crippen LogP contribution is 2.42. The lowest BCUT2D eigenvalue weighted by atomic mass is 9.95. The van der Waals surface area contributed by atoms with E-state index in [1.807, 2.05) is 12.1 Å². The van der Waals surface area contributed by atoms with Crippen molar-refractivity contribution < 1.29 is 18.3 Å². The number of hydrogen-bond donors (Lipinski definition) is 1. The molecule has 2 aromatic rings. The van der Waals surface area contributed by atoms with Gasteiger partial charge in [0.25, 0.3) is 0 Å². The molecular weight excluding hydrogens is 269 g/mol. The monoisotopic (exact) mass is 282 g/mol. The van der Waals surface area contributed by atoms with Crippen molar-refractivity contribution >= 4 is 0 Å². The number of halogens is 3. The van der Waals surface area contributed by atoms with E-state index in [-0.39, 0.29) is 5.82 Å². The molecule has 1 aromatic heterocycles. The molecule has 0 spiro atoms. The number of imidazole rings is 1. The second-order valence-corrected chi connectivity index (χ2v) is 5.08. The van der Waals surface area contributed by atoms with Crippen LogP contribution in [0.1, 0.15) is 29.1 Å². The lowest BCUT2D eigenvalue weighted by Gasteiger charge is -2.23. The Morgan fingerprint density at radius 3 is 2.65 bits per heavy atom. The first-order valence-electron chi connectivity index (χ1n) is 6.24. The van der Waals surface area contributed by atoms with E-state index in [0.717, 1.165) is 11.8 Å². The Balaban J connectivity index is 2.13. The van der Waals surface area contributed by atoms with Crippen LogP contribution in [0, 0.1) is 0 Å². The van der Waals surface area contributed by atoms with Gasteiger partial charge in [0.15, 0.2) is 5.69 Å². The molecule has 0 bridgehead atoms. The third-order valence-electron chi connectivity index (χ3n) is 3.76. The van der Waals surface area contributed by atoms with Gasteiger partial charge in [0.05, 0.1) is 0 Å². The Hall–Kier alpha value is -1.82. The third-order valence-corrected chi connectivity index (χ3v) is 3.76. The summed E-state index contributed by atoms with van der Waals surface area (Å²) in [6.45, 7) is 0. The first kappa shape index (κ1) is 13.2. The van der Waals surface area contributed by atoms with E-state index in [2.05, 4.69) is 4.98 Å². The Labute approximate surface area is 113 Å². The van der Waals surface area contributed by atoms with Crippen LogP contribution in [0.3, 0.4) is 0 Å². The fourth-order valence-electron chi connectivity index (χ4n) is 2.81. The van der Waals surface area contributed by atoms with Gasteiger partial charge in [0.2, 0.25) is 0 Å². The molecule has 3 rings (SSSR count). The molecule has 106 valence electrons. The number of aryl methyl sites for hydroxylation is 2. The summed E-state index contributed by atoms with van der Waals surface area (Å²) < 4.78 is 39.4. The van der Waals surface area contributed by atoms with Crippen LogP contribution in [0.15, 0.2) is 30.5 Å². The zero-order valence-electron chi connectivity index (χ0n) is 10.8. The number of benzene rings is 1. The summed E-state index contributed by atoms with van der Waals surface area (Å²) in [5.74, 6) is 0.0368. The largest absolute Gasteiger partial charge is 0.434 e. The van der Waals surface area contributed by atoms with E-state index >= 15 is 0 Å². The van der Waals surface area contributed by atoms with Crippen LogP contribution in [0.25, 0.3) is 0 Å². The summed E-state index contributed by atoms with van der Waals surface area (Å²) in [7, 11) is 1.47. The van der Waals surface area contributed by atoms with E-state index in [9.17, 15) is 18.3 Å². The zero-order valence-corrected chi connectivity index (χ0v) is 10.8. The van der Waals surface area contributed by atoms with Gasteiger partial charge in [0.1, 0.15) is 11.4 Å². The maximum atomic E-state index is 12.7. The molecule has 0 saturated heterocycles. The number of rotatable bonds is 1. The number of nitrogens with zero attached hydrogens (tertiary/aromatic N) is 2. The molecule has 0 aliphatic heterocycles. The first-order chi connectivity index (χ1) is 9.32. The van der Waals surface area contributed by atoms with Crippen LogP contribution in [-0.4, -0.2) is 14.7 Å². The molecule has 0 fully saturated rings. The summed E-state index contributed by atoms with van der Waals surface area (Å²) >= 11 is 0. The predicted molar refractivity (Wildman–Crippen MR) is 66.0 cm³/mol. The van der Waals surface area contributed by atoms with Gasteiger partial charge in [-0.3, -0.25) is 0 Å². The van der Waals surface area contributed by atoms with E-state index in [1.165, 1.54) is 11.6 Å². The minimum Gasteiger partial charge on any atom is -0.377 e. The molecule has 0 amide bonds. The van der Waals surface area contributed by atoms with Crippen molar-refractivity contribution in [1.29, 1.82) is 0 Å². The average Bonchev–Trinajstić information content (AvgIpc) is 2.92. The first-order valence-corrected chi connectivity index (χ1v) is 6.24. The Bertz CT molecular complexity index is 663. The summed E-state index contributed by atoms with van der Waals surface area (Å²) in [5.41, 5.74) is -0.837. The highest BCUT2D eigenvalue weighted by Gasteiger charge is 2.44.